The van der Waals surface area contributed by atoms with E-state index >= 15 is 0 Å². The summed E-state index contributed by atoms with van der Waals surface area (Å²) in [5.41, 5.74) is 14.1. The van der Waals surface area contributed by atoms with Crippen molar-refractivity contribution in [3.8, 4) is 44.5 Å². The molecule has 0 aliphatic rings. The maximum atomic E-state index is 6.70. The van der Waals surface area contributed by atoms with Crippen LogP contribution in [0.2, 0.25) is 0 Å². The summed E-state index contributed by atoms with van der Waals surface area (Å²) < 4.78 is 6.70. The van der Waals surface area contributed by atoms with Crippen molar-refractivity contribution in [2.45, 2.75) is 0 Å². The molecular formula is C56H37NO. The highest BCUT2D eigenvalue weighted by Gasteiger charge is 2.26. The molecule has 0 radical (unpaired) electrons. The van der Waals surface area contributed by atoms with Gasteiger partial charge in [0.1, 0.15) is 11.2 Å². The summed E-state index contributed by atoms with van der Waals surface area (Å²) >= 11 is 0. The molecule has 0 aliphatic heterocycles. The molecule has 58 heavy (non-hydrogen) atoms. The molecule has 2 heteroatoms. The zero-order valence-corrected chi connectivity index (χ0v) is 31.7. The number of benzene rings is 10. The van der Waals surface area contributed by atoms with Crippen LogP contribution in [0.3, 0.4) is 0 Å². The van der Waals surface area contributed by atoms with E-state index in [0.717, 1.165) is 72.4 Å². The van der Waals surface area contributed by atoms with E-state index in [1.54, 1.807) is 0 Å². The Kier molecular flexibility index (Phi) is 8.19. The van der Waals surface area contributed by atoms with Gasteiger partial charge in [-0.3, -0.25) is 0 Å². The van der Waals surface area contributed by atoms with Crippen LogP contribution < -0.4 is 4.90 Å². The van der Waals surface area contributed by atoms with Crippen molar-refractivity contribution in [2.75, 3.05) is 4.90 Å². The van der Waals surface area contributed by atoms with Crippen molar-refractivity contribution in [1.82, 2.24) is 0 Å². The van der Waals surface area contributed by atoms with Gasteiger partial charge >= 0.3 is 0 Å². The topological polar surface area (TPSA) is 16.4 Å². The molecule has 0 bridgehead atoms. The van der Waals surface area contributed by atoms with Gasteiger partial charge in [-0.2, -0.15) is 0 Å². The fourth-order valence-corrected chi connectivity index (χ4v) is 8.84. The lowest BCUT2D eigenvalue weighted by Crippen LogP contribution is -2.13. The molecule has 1 heterocycles. The van der Waals surface area contributed by atoms with E-state index in [1.807, 2.05) is 6.07 Å². The average molecular weight is 740 g/mol. The van der Waals surface area contributed by atoms with Gasteiger partial charge in [-0.15, -0.1) is 0 Å². The van der Waals surface area contributed by atoms with Gasteiger partial charge in [0.15, 0.2) is 0 Å². The highest BCUT2D eigenvalue weighted by molar-refractivity contribution is 6.12. The van der Waals surface area contributed by atoms with Crippen molar-refractivity contribution in [2.24, 2.45) is 0 Å². The Morgan fingerprint density at radius 1 is 0.310 bits per heavy atom. The molecule has 272 valence electrons. The van der Waals surface area contributed by atoms with Gasteiger partial charge in [-0.25, -0.2) is 0 Å². The summed E-state index contributed by atoms with van der Waals surface area (Å²) in [4.78, 5) is 2.47. The first-order valence-corrected chi connectivity index (χ1v) is 19.8. The van der Waals surface area contributed by atoms with E-state index in [9.17, 15) is 0 Å². The number of para-hydroxylation sites is 3. The Labute approximate surface area is 337 Å². The normalized spacial score (nSPS) is 11.4. The number of fused-ring (bicyclic) bond motifs is 6. The minimum absolute atomic E-state index is 0.883. The Hall–Kier alpha value is -7.68. The quantitative estimate of drug-likeness (QED) is 0.151. The van der Waals surface area contributed by atoms with Gasteiger partial charge in [0.05, 0.1) is 11.4 Å². The van der Waals surface area contributed by atoms with E-state index in [4.69, 9.17) is 4.42 Å². The number of nitrogens with zero attached hydrogens (tertiary/aromatic N) is 1. The van der Waals surface area contributed by atoms with Crippen LogP contribution in [-0.2, 0) is 0 Å². The second-order valence-electron chi connectivity index (χ2n) is 14.8. The van der Waals surface area contributed by atoms with Crippen LogP contribution in [0.1, 0.15) is 0 Å². The number of anilines is 3. The van der Waals surface area contributed by atoms with Crippen LogP contribution in [0.5, 0.6) is 0 Å². The van der Waals surface area contributed by atoms with Crippen LogP contribution in [0, 0.1) is 0 Å². The van der Waals surface area contributed by atoms with E-state index < -0.39 is 0 Å². The molecule has 0 amide bonds. The highest BCUT2D eigenvalue weighted by atomic mass is 16.3. The molecular weight excluding hydrogens is 703 g/mol. The zero-order valence-electron chi connectivity index (χ0n) is 31.7. The Morgan fingerprint density at radius 2 is 0.862 bits per heavy atom. The van der Waals surface area contributed by atoms with Crippen LogP contribution >= 0.6 is 0 Å². The predicted octanol–water partition coefficient (Wildman–Crippen LogP) is 16.0. The molecule has 10 aromatic carbocycles. The van der Waals surface area contributed by atoms with Gasteiger partial charge in [0.2, 0.25) is 0 Å². The fourth-order valence-electron chi connectivity index (χ4n) is 8.84. The third-order valence-electron chi connectivity index (χ3n) is 11.5. The molecule has 0 fully saturated rings. The first-order valence-electron chi connectivity index (χ1n) is 19.8. The molecule has 0 unspecified atom stereocenters. The highest BCUT2D eigenvalue weighted by Crippen LogP contribution is 2.51. The lowest BCUT2D eigenvalue weighted by Gasteiger charge is -2.31. The molecule has 1 aromatic heterocycles. The summed E-state index contributed by atoms with van der Waals surface area (Å²) in [6.45, 7) is 0. The first kappa shape index (κ1) is 33.6. The number of hydrogen-bond acceptors (Lipinski definition) is 2. The zero-order chi connectivity index (χ0) is 38.4. The van der Waals surface area contributed by atoms with Gasteiger partial charge in [-0.05, 0) is 79.7 Å². The lowest BCUT2D eigenvalue weighted by atomic mass is 9.87. The van der Waals surface area contributed by atoms with Crippen LogP contribution in [0.4, 0.5) is 17.1 Å². The van der Waals surface area contributed by atoms with E-state index in [1.165, 1.54) is 32.7 Å². The van der Waals surface area contributed by atoms with Gasteiger partial charge in [0.25, 0.3) is 0 Å². The molecule has 11 rings (SSSR count). The average Bonchev–Trinajstić information content (AvgIpc) is 3.69. The number of hydrogen-bond donors (Lipinski definition) is 0. The van der Waals surface area contributed by atoms with Crippen LogP contribution in [0.15, 0.2) is 229 Å². The Morgan fingerprint density at radius 3 is 1.69 bits per heavy atom. The molecule has 0 saturated heterocycles. The number of rotatable bonds is 7. The molecule has 0 N–H and O–H groups in total. The van der Waals surface area contributed by atoms with E-state index in [2.05, 4.69) is 223 Å². The third kappa shape index (κ3) is 5.66. The SMILES string of the molecule is c1ccc(-c2ccccc2-c2c(-c3ccccc3)cccc2N(c2ccc3c(ccc4ccccc43)c2)c2ccccc2-c2cccc3c2oc2ccccc23)cc1. The first-order chi connectivity index (χ1) is 28.8. The standard InChI is InChI=1S/C56H37NO/c1-3-17-38(18-4-1)44-23-9-10-26-49(44)55-46(39-19-5-2-6-20-39)27-16-31-53(55)57(42-35-36-45-41(37-42)34-33-40-21-7-8-22-43(40)45)52-30-13-11-24-47(52)50-28-15-29-51-48-25-12-14-32-54(48)58-56(50)51/h1-37H. The monoisotopic (exact) mass is 739 g/mol. The molecule has 11 aromatic rings. The third-order valence-corrected chi connectivity index (χ3v) is 11.5. The second-order valence-corrected chi connectivity index (χ2v) is 14.8. The molecule has 0 aliphatic carbocycles. The summed E-state index contributed by atoms with van der Waals surface area (Å²) in [5, 5.41) is 7.12. The molecule has 0 atom stereocenters. The summed E-state index contributed by atoms with van der Waals surface area (Å²) in [7, 11) is 0. The molecule has 2 nitrogen and oxygen atoms in total. The van der Waals surface area contributed by atoms with E-state index in [-0.39, 0.29) is 0 Å². The van der Waals surface area contributed by atoms with Gasteiger partial charge in [-0.1, -0.05) is 194 Å². The Bertz CT molecular complexity index is 3290. The van der Waals surface area contributed by atoms with Crippen molar-refractivity contribution >= 4 is 60.5 Å². The smallest absolute Gasteiger partial charge is 0.143 e. The maximum Gasteiger partial charge on any atom is 0.143 e. The molecule has 0 spiro atoms. The fraction of sp³-hybridized carbons (Fsp3) is 0. The minimum Gasteiger partial charge on any atom is -0.455 e. The minimum atomic E-state index is 0.883. The maximum absolute atomic E-state index is 6.70. The second kappa shape index (κ2) is 14.1. The van der Waals surface area contributed by atoms with Crippen molar-refractivity contribution in [1.29, 1.82) is 0 Å². The number of furan rings is 1. The largest absolute Gasteiger partial charge is 0.455 e. The summed E-state index contributed by atoms with van der Waals surface area (Å²) in [5.74, 6) is 0. The van der Waals surface area contributed by atoms with Crippen molar-refractivity contribution in [3.05, 3.63) is 224 Å². The predicted molar refractivity (Wildman–Crippen MR) is 245 cm³/mol. The summed E-state index contributed by atoms with van der Waals surface area (Å²) in [6.07, 6.45) is 0. The Balaban J connectivity index is 1.24. The molecule has 0 saturated carbocycles. The van der Waals surface area contributed by atoms with Gasteiger partial charge < -0.3 is 9.32 Å². The van der Waals surface area contributed by atoms with Crippen LogP contribution in [0.25, 0.3) is 88.0 Å². The van der Waals surface area contributed by atoms with Crippen molar-refractivity contribution < 1.29 is 4.42 Å². The lowest BCUT2D eigenvalue weighted by molar-refractivity contribution is 0.670. The van der Waals surface area contributed by atoms with Gasteiger partial charge in [0, 0.05) is 33.2 Å². The van der Waals surface area contributed by atoms with Crippen molar-refractivity contribution in [3.63, 3.8) is 0 Å². The van der Waals surface area contributed by atoms with Crippen LogP contribution in [-0.4, -0.2) is 0 Å². The summed E-state index contributed by atoms with van der Waals surface area (Å²) in [6, 6.07) is 80.8. The van der Waals surface area contributed by atoms with E-state index in [0.29, 0.717) is 0 Å².